The van der Waals surface area contributed by atoms with Crippen LogP contribution in [0.1, 0.15) is 31.7 Å². The third-order valence-electron chi connectivity index (χ3n) is 3.21. The van der Waals surface area contributed by atoms with Crippen LogP contribution in [-0.4, -0.2) is 29.9 Å². The Hall–Kier alpha value is -1.16. The van der Waals surface area contributed by atoms with Gasteiger partial charge in [0.1, 0.15) is 0 Å². The highest BCUT2D eigenvalue weighted by molar-refractivity contribution is 7.99. The van der Waals surface area contributed by atoms with Crippen molar-refractivity contribution in [2.24, 2.45) is 0 Å². The second-order valence-electron chi connectivity index (χ2n) is 4.86. The number of rotatable bonds is 4. The Morgan fingerprint density at radius 1 is 1.50 bits per heavy atom. The van der Waals surface area contributed by atoms with Crippen LogP contribution in [0, 0.1) is 0 Å². The molecule has 2 rings (SSSR count). The molecule has 18 heavy (non-hydrogen) atoms. The van der Waals surface area contributed by atoms with Crippen molar-refractivity contribution in [3.8, 4) is 0 Å². The summed E-state index contributed by atoms with van der Waals surface area (Å²) >= 11 is 1.87. The molecular weight excluding hydrogens is 246 g/mol. The van der Waals surface area contributed by atoms with Crippen molar-refractivity contribution in [1.29, 1.82) is 0 Å². The summed E-state index contributed by atoms with van der Waals surface area (Å²) in [6.07, 6.45) is 0.204. The van der Waals surface area contributed by atoms with Crippen LogP contribution in [0.4, 0.5) is 5.69 Å². The zero-order valence-electron chi connectivity index (χ0n) is 10.8. The molecule has 0 saturated carbocycles. The molecule has 1 aromatic rings. The molecule has 1 aliphatic heterocycles. The number of carbonyl (C=O) groups is 1. The lowest BCUT2D eigenvalue weighted by atomic mass is 10.0. The molecule has 1 aromatic carbocycles. The quantitative estimate of drug-likeness (QED) is 0.907. The van der Waals surface area contributed by atoms with E-state index in [0.29, 0.717) is 12.5 Å². The fourth-order valence-electron chi connectivity index (χ4n) is 2.12. The number of carboxylic acids is 1. The standard InChI is InChI=1S/C14H19NO2S/c1-10(2)11-3-4-12-13(9-11)18-8-7-15(12)6-5-14(16)17/h3-4,9-10H,5-8H2,1-2H3,(H,16,17). The van der Waals surface area contributed by atoms with Gasteiger partial charge in [-0.1, -0.05) is 19.9 Å². The predicted molar refractivity (Wildman–Crippen MR) is 75.7 cm³/mol. The van der Waals surface area contributed by atoms with E-state index in [2.05, 4.69) is 36.9 Å². The van der Waals surface area contributed by atoms with Crippen molar-refractivity contribution in [3.05, 3.63) is 23.8 Å². The van der Waals surface area contributed by atoms with Gasteiger partial charge in [-0.15, -0.1) is 11.8 Å². The van der Waals surface area contributed by atoms with Gasteiger partial charge in [-0.25, -0.2) is 0 Å². The number of fused-ring (bicyclic) bond motifs is 1. The molecule has 0 aliphatic carbocycles. The van der Waals surface area contributed by atoms with Gasteiger partial charge in [0.25, 0.3) is 0 Å². The summed E-state index contributed by atoms with van der Waals surface area (Å²) in [7, 11) is 0. The Bertz CT molecular complexity index is 445. The summed E-state index contributed by atoms with van der Waals surface area (Å²) in [6.45, 7) is 5.92. The van der Waals surface area contributed by atoms with Crippen molar-refractivity contribution in [2.75, 3.05) is 23.7 Å². The van der Waals surface area contributed by atoms with E-state index in [4.69, 9.17) is 5.11 Å². The molecule has 4 heteroatoms. The lowest BCUT2D eigenvalue weighted by molar-refractivity contribution is -0.136. The van der Waals surface area contributed by atoms with Gasteiger partial charge in [-0.05, 0) is 23.6 Å². The number of anilines is 1. The maximum Gasteiger partial charge on any atom is 0.305 e. The maximum atomic E-state index is 10.7. The van der Waals surface area contributed by atoms with E-state index in [1.807, 2.05) is 11.8 Å². The average Bonchev–Trinajstić information content (AvgIpc) is 2.35. The van der Waals surface area contributed by atoms with Gasteiger partial charge in [0.05, 0.1) is 12.1 Å². The smallest absolute Gasteiger partial charge is 0.305 e. The fourth-order valence-corrected chi connectivity index (χ4v) is 3.21. The molecule has 0 saturated heterocycles. The van der Waals surface area contributed by atoms with Crippen LogP contribution in [-0.2, 0) is 4.79 Å². The van der Waals surface area contributed by atoms with Gasteiger partial charge in [0.2, 0.25) is 0 Å². The summed E-state index contributed by atoms with van der Waals surface area (Å²) in [5.74, 6) is 0.840. The van der Waals surface area contributed by atoms with Gasteiger partial charge in [0, 0.05) is 23.7 Å². The Morgan fingerprint density at radius 3 is 2.94 bits per heavy atom. The zero-order chi connectivity index (χ0) is 13.1. The number of thioether (sulfide) groups is 1. The van der Waals surface area contributed by atoms with Gasteiger partial charge in [0.15, 0.2) is 0 Å². The average molecular weight is 265 g/mol. The normalized spacial score (nSPS) is 14.7. The number of hydrogen-bond donors (Lipinski definition) is 1. The largest absolute Gasteiger partial charge is 0.481 e. The molecule has 1 heterocycles. The van der Waals surface area contributed by atoms with Crippen molar-refractivity contribution < 1.29 is 9.90 Å². The van der Waals surface area contributed by atoms with Crippen molar-refractivity contribution in [2.45, 2.75) is 31.1 Å². The first-order chi connectivity index (χ1) is 8.58. The molecule has 0 bridgehead atoms. The Balaban J connectivity index is 2.19. The summed E-state index contributed by atoms with van der Waals surface area (Å²) < 4.78 is 0. The first-order valence-electron chi connectivity index (χ1n) is 6.31. The van der Waals surface area contributed by atoms with E-state index in [9.17, 15) is 4.79 Å². The second-order valence-corrected chi connectivity index (χ2v) is 6.00. The molecule has 3 nitrogen and oxygen atoms in total. The highest BCUT2D eigenvalue weighted by Gasteiger charge is 2.18. The highest BCUT2D eigenvalue weighted by atomic mass is 32.2. The molecular formula is C14H19NO2S. The summed E-state index contributed by atoms with van der Waals surface area (Å²) in [6, 6.07) is 6.54. The summed E-state index contributed by atoms with van der Waals surface area (Å²) in [4.78, 5) is 14.1. The van der Waals surface area contributed by atoms with Crippen molar-refractivity contribution in [1.82, 2.24) is 0 Å². The van der Waals surface area contributed by atoms with Crippen LogP contribution >= 0.6 is 11.8 Å². The molecule has 0 fully saturated rings. The molecule has 98 valence electrons. The van der Waals surface area contributed by atoms with E-state index in [-0.39, 0.29) is 6.42 Å². The number of benzene rings is 1. The number of nitrogens with zero attached hydrogens (tertiary/aromatic N) is 1. The zero-order valence-corrected chi connectivity index (χ0v) is 11.7. The van der Waals surface area contributed by atoms with Crippen LogP contribution in [0.5, 0.6) is 0 Å². The lowest BCUT2D eigenvalue weighted by Crippen LogP contribution is -2.31. The monoisotopic (exact) mass is 265 g/mol. The fraction of sp³-hybridized carbons (Fsp3) is 0.500. The molecule has 0 aromatic heterocycles. The lowest BCUT2D eigenvalue weighted by Gasteiger charge is -2.31. The van der Waals surface area contributed by atoms with Crippen LogP contribution in [0.25, 0.3) is 0 Å². The minimum atomic E-state index is -0.728. The van der Waals surface area contributed by atoms with E-state index in [1.54, 1.807) is 0 Å². The van der Waals surface area contributed by atoms with Gasteiger partial charge >= 0.3 is 5.97 Å². The molecule has 1 aliphatic rings. The van der Waals surface area contributed by atoms with Gasteiger partial charge in [-0.2, -0.15) is 0 Å². The van der Waals surface area contributed by atoms with E-state index in [1.165, 1.54) is 16.1 Å². The first-order valence-corrected chi connectivity index (χ1v) is 7.30. The molecule has 0 unspecified atom stereocenters. The Morgan fingerprint density at radius 2 is 2.28 bits per heavy atom. The minimum absolute atomic E-state index is 0.204. The predicted octanol–water partition coefficient (Wildman–Crippen LogP) is 3.20. The molecule has 0 amide bonds. The van der Waals surface area contributed by atoms with Crippen LogP contribution in [0.2, 0.25) is 0 Å². The topological polar surface area (TPSA) is 40.5 Å². The molecule has 1 N–H and O–H groups in total. The van der Waals surface area contributed by atoms with E-state index >= 15 is 0 Å². The van der Waals surface area contributed by atoms with Crippen LogP contribution in [0.3, 0.4) is 0 Å². The van der Waals surface area contributed by atoms with E-state index in [0.717, 1.165) is 12.3 Å². The highest BCUT2D eigenvalue weighted by Crippen LogP contribution is 2.36. The first kappa shape index (κ1) is 13.3. The van der Waals surface area contributed by atoms with Crippen LogP contribution < -0.4 is 4.90 Å². The van der Waals surface area contributed by atoms with Crippen molar-refractivity contribution in [3.63, 3.8) is 0 Å². The summed E-state index contributed by atoms with van der Waals surface area (Å²) in [5, 5.41) is 8.78. The Labute approximate surface area is 112 Å². The number of aliphatic carboxylic acids is 1. The molecule has 0 spiro atoms. The maximum absolute atomic E-state index is 10.7. The molecule has 0 atom stereocenters. The number of carboxylic acid groups (broad SMARTS) is 1. The minimum Gasteiger partial charge on any atom is -0.481 e. The third kappa shape index (κ3) is 2.99. The van der Waals surface area contributed by atoms with Crippen LogP contribution in [0.15, 0.2) is 23.1 Å². The van der Waals surface area contributed by atoms with Gasteiger partial charge < -0.3 is 10.0 Å². The Kier molecular flexibility index (Phi) is 4.17. The molecule has 0 radical (unpaired) electrons. The van der Waals surface area contributed by atoms with Crippen molar-refractivity contribution >= 4 is 23.4 Å². The third-order valence-corrected chi connectivity index (χ3v) is 4.23. The van der Waals surface area contributed by atoms with Gasteiger partial charge in [-0.3, -0.25) is 4.79 Å². The van der Waals surface area contributed by atoms with E-state index < -0.39 is 5.97 Å². The summed E-state index contributed by atoms with van der Waals surface area (Å²) in [5.41, 5.74) is 2.54. The second kappa shape index (κ2) is 5.65. The number of hydrogen-bond acceptors (Lipinski definition) is 3. The SMILES string of the molecule is CC(C)c1ccc2c(c1)SCCN2CCC(=O)O.